The first-order valence-corrected chi connectivity index (χ1v) is 22.2. The maximum absolute atomic E-state index is 6.96. The van der Waals surface area contributed by atoms with E-state index in [0.29, 0.717) is 45.4 Å². The summed E-state index contributed by atoms with van der Waals surface area (Å²) in [6.45, 7) is 13.9. The van der Waals surface area contributed by atoms with Crippen molar-refractivity contribution < 1.29 is 28.1 Å². The molecule has 0 saturated carbocycles. The van der Waals surface area contributed by atoms with Gasteiger partial charge < -0.3 is 28.1 Å². The van der Waals surface area contributed by atoms with E-state index in [1.165, 1.54) is 0 Å². The Morgan fingerprint density at radius 3 is 1.45 bits per heavy atom. The van der Waals surface area contributed by atoms with Gasteiger partial charge in [-0.25, -0.2) is 0 Å². The molecule has 5 aromatic carbocycles. The second-order valence-electron chi connectivity index (χ2n) is 15.7. The van der Waals surface area contributed by atoms with Gasteiger partial charge in [0.1, 0.15) is 24.1 Å². The number of hydrogen-bond acceptors (Lipinski definition) is 6. The van der Waals surface area contributed by atoms with Crippen LogP contribution in [0.25, 0.3) is 6.08 Å². The Labute approximate surface area is 329 Å². The summed E-state index contributed by atoms with van der Waals surface area (Å²) in [4.78, 5) is 0. The Morgan fingerprint density at radius 1 is 0.527 bits per heavy atom. The minimum Gasteiger partial charge on any atom is -0.487 e. The lowest BCUT2D eigenvalue weighted by Crippen LogP contribution is -2.56. The minimum absolute atomic E-state index is 0.146. The molecular weight excluding hydrogens is 701 g/mol. The lowest BCUT2D eigenvalue weighted by atomic mass is 9.95. The van der Waals surface area contributed by atoms with Crippen molar-refractivity contribution in [3.63, 3.8) is 0 Å². The van der Waals surface area contributed by atoms with E-state index in [1.807, 2.05) is 72.8 Å². The summed E-state index contributed by atoms with van der Waals surface area (Å²) in [5.41, 5.74) is 6.41. The van der Waals surface area contributed by atoms with Crippen LogP contribution in [0.4, 0.5) is 0 Å². The van der Waals surface area contributed by atoms with Gasteiger partial charge in [0.15, 0.2) is 14.4 Å². The summed E-state index contributed by atoms with van der Waals surface area (Å²) in [5, 5.41) is 0.146. The third-order valence-electron chi connectivity index (χ3n) is 10.5. The van der Waals surface area contributed by atoms with Gasteiger partial charge in [-0.1, -0.05) is 166 Å². The number of ether oxygens (including phenoxy) is 5. The monoisotopic (exact) mass is 756 g/mol. The second kappa shape index (κ2) is 19.5. The van der Waals surface area contributed by atoms with Crippen LogP contribution in [-0.4, -0.2) is 39.3 Å². The second-order valence-corrected chi connectivity index (χ2v) is 20.5. The fraction of sp³-hybridized carbons (Fsp3) is 0.333. The highest BCUT2D eigenvalue weighted by Gasteiger charge is 2.46. The SMILES string of the molecule is CC(C)(C)[Si](C)(C)OCc1ccc(/C=C2/O[C@H](COCc3ccccc3)[C@@H](OCc3ccccc3)[C@H](OCc3ccccc3)[C@H]2OCc2ccccc2)cc1. The summed E-state index contributed by atoms with van der Waals surface area (Å²) in [6, 6.07) is 49.3. The van der Waals surface area contributed by atoms with Crippen LogP contribution >= 0.6 is 0 Å². The molecule has 4 atom stereocenters. The van der Waals surface area contributed by atoms with E-state index in [4.69, 9.17) is 28.1 Å². The van der Waals surface area contributed by atoms with E-state index in [9.17, 15) is 0 Å². The van der Waals surface area contributed by atoms with Crippen molar-refractivity contribution in [3.05, 3.63) is 185 Å². The Kier molecular flexibility index (Phi) is 14.3. The highest BCUT2D eigenvalue weighted by molar-refractivity contribution is 6.74. The third kappa shape index (κ3) is 11.8. The zero-order chi connectivity index (χ0) is 38.5. The Hall–Kier alpha value is -4.34. The summed E-state index contributed by atoms with van der Waals surface area (Å²) in [6.07, 6.45) is -0.00223. The topological polar surface area (TPSA) is 55.4 Å². The maximum Gasteiger partial charge on any atom is 0.192 e. The van der Waals surface area contributed by atoms with Crippen molar-refractivity contribution >= 4 is 14.4 Å². The van der Waals surface area contributed by atoms with Gasteiger partial charge >= 0.3 is 0 Å². The number of benzene rings is 5. The Balaban J connectivity index is 1.33. The van der Waals surface area contributed by atoms with E-state index in [0.717, 1.165) is 33.4 Å². The van der Waals surface area contributed by atoms with Crippen molar-refractivity contribution in [2.45, 2.75) is 96.4 Å². The number of rotatable bonds is 17. The normalized spacial score (nSPS) is 19.6. The highest BCUT2D eigenvalue weighted by Crippen LogP contribution is 2.37. The summed E-state index contributed by atoms with van der Waals surface area (Å²) in [7, 11) is -1.89. The molecule has 1 aliphatic heterocycles. The molecule has 1 saturated heterocycles. The van der Waals surface area contributed by atoms with Crippen LogP contribution in [0.15, 0.2) is 151 Å². The molecular formula is C48H56O6Si. The fourth-order valence-electron chi connectivity index (χ4n) is 6.18. The molecule has 1 heterocycles. The van der Waals surface area contributed by atoms with Crippen LogP contribution in [0.1, 0.15) is 54.2 Å². The zero-order valence-electron chi connectivity index (χ0n) is 32.9. The van der Waals surface area contributed by atoms with E-state index in [1.54, 1.807) is 0 Å². The molecule has 0 spiro atoms. The molecule has 55 heavy (non-hydrogen) atoms. The first-order valence-electron chi connectivity index (χ1n) is 19.3. The Bertz CT molecular complexity index is 1880. The molecule has 1 fully saturated rings. The lowest BCUT2D eigenvalue weighted by Gasteiger charge is -2.43. The molecule has 0 aliphatic carbocycles. The molecule has 0 aromatic heterocycles. The minimum atomic E-state index is -1.89. The van der Waals surface area contributed by atoms with Gasteiger partial charge in [0, 0.05) is 0 Å². The van der Waals surface area contributed by atoms with E-state index < -0.39 is 32.7 Å². The van der Waals surface area contributed by atoms with Crippen LogP contribution in [0.2, 0.25) is 18.1 Å². The van der Waals surface area contributed by atoms with Gasteiger partial charge in [0.05, 0.1) is 39.6 Å². The van der Waals surface area contributed by atoms with Crippen molar-refractivity contribution in [2.24, 2.45) is 0 Å². The average molecular weight is 757 g/mol. The standard InChI is InChI=1S/C48H56O6Si/c1-48(2,3)55(4,5)53-35-42-28-26-37(27-29-42)30-43-45(50-32-39-20-12-7-13-21-39)47(52-34-41-24-16-9-17-25-41)46(51-33-40-22-14-8-15-23-40)44(54-43)36-49-31-38-18-10-6-11-19-38/h6-30,44-47H,31-36H2,1-5H3/b43-30+/t44-,45+,46-,47-/m1/s1. The molecule has 288 valence electrons. The van der Waals surface area contributed by atoms with Gasteiger partial charge in [-0.15, -0.1) is 0 Å². The number of hydrogen-bond donors (Lipinski definition) is 0. The molecule has 6 rings (SSSR count). The lowest BCUT2D eigenvalue weighted by molar-refractivity contribution is -0.222. The molecule has 0 bridgehead atoms. The predicted octanol–water partition coefficient (Wildman–Crippen LogP) is 10.9. The molecule has 5 aromatic rings. The van der Waals surface area contributed by atoms with Gasteiger partial charge in [-0.05, 0) is 57.6 Å². The van der Waals surface area contributed by atoms with Crippen molar-refractivity contribution in [1.29, 1.82) is 0 Å². The van der Waals surface area contributed by atoms with Gasteiger partial charge in [0.2, 0.25) is 0 Å². The van der Waals surface area contributed by atoms with Crippen LogP contribution < -0.4 is 0 Å². The summed E-state index contributed by atoms with van der Waals surface area (Å²) < 4.78 is 40.4. The van der Waals surface area contributed by atoms with Crippen LogP contribution in [0.3, 0.4) is 0 Å². The molecule has 0 amide bonds. The van der Waals surface area contributed by atoms with Gasteiger partial charge in [-0.3, -0.25) is 0 Å². The quantitative estimate of drug-likeness (QED) is 0.0881. The van der Waals surface area contributed by atoms with E-state index in [2.05, 4.69) is 113 Å². The predicted molar refractivity (Wildman–Crippen MR) is 222 cm³/mol. The molecule has 0 N–H and O–H groups in total. The molecule has 1 aliphatic rings. The third-order valence-corrected chi connectivity index (χ3v) is 15.0. The summed E-state index contributed by atoms with van der Waals surface area (Å²) >= 11 is 0. The smallest absolute Gasteiger partial charge is 0.192 e. The highest BCUT2D eigenvalue weighted by atomic mass is 28.4. The first-order chi connectivity index (χ1) is 26.6. The van der Waals surface area contributed by atoms with Gasteiger partial charge in [0.25, 0.3) is 0 Å². The van der Waals surface area contributed by atoms with Crippen molar-refractivity contribution in [3.8, 4) is 0 Å². The molecule has 0 radical (unpaired) electrons. The van der Waals surface area contributed by atoms with Crippen molar-refractivity contribution in [1.82, 2.24) is 0 Å². The van der Waals surface area contributed by atoms with E-state index >= 15 is 0 Å². The molecule has 6 nitrogen and oxygen atoms in total. The maximum atomic E-state index is 6.96. The summed E-state index contributed by atoms with van der Waals surface area (Å²) in [5.74, 6) is 0.673. The largest absolute Gasteiger partial charge is 0.487 e. The molecule has 7 heteroatoms. The first kappa shape index (κ1) is 40.3. The van der Waals surface area contributed by atoms with Crippen LogP contribution in [0, 0.1) is 0 Å². The van der Waals surface area contributed by atoms with E-state index in [-0.39, 0.29) is 5.04 Å². The van der Waals surface area contributed by atoms with Gasteiger partial charge in [-0.2, -0.15) is 0 Å². The van der Waals surface area contributed by atoms with Crippen LogP contribution in [-0.2, 0) is 61.1 Å². The van der Waals surface area contributed by atoms with Crippen molar-refractivity contribution in [2.75, 3.05) is 6.61 Å². The fourth-order valence-corrected chi connectivity index (χ4v) is 7.14. The van der Waals surface area contributed by atoms with Crippen LogP contribution in [0.5, 0.6) is 0 Å². The Morgan fingerprint density at radius 2 is 0.964 bits per heavy atom. The zero-order valence-corrected chi connectivity index (χ0v) is 33.9. The average Bonchev–Trinajstić information content (AvgIpc) is 3.20. The molecule has 0 unspecified atom stereocenters.